The lowest BCUT2D eigenvalue weighted by molar-refractivity contribution is -0.384. The Morgan fingerprint density at radius 3 is 2.67 bits per heavy atom. The van der Waals surface area contributed by atoms with Crippen molar-refractivity contribution in [2.45, 2.75) is 26.7 Å². The maximum absolute atomic E-state index is 12.7. The van der Waals surface area contributed by atoms with Crippen LogP contribution in [0.2, 0.25) is 0 Å². The molecule has 1 N–H and O–H groups in total. The van der Waals surface area contributed by atoms with Crippen molar-refractivity contribution in [3.8, 4) is 0 Å². The molecule has 0 atom stereocenters. The van der Waals surface area contributed by atoms with Crippen molar-refractivity contribution in [1.82, 2.24) is 4.90 Å². The normalized spacial score (nSPS) is 13.8. The van der Waals surface area contributed by atoms with Crippen LogP contribution in [0, 0.1) is 16.0 Å². The van der Waals surface area contributed by atoms with Crippen molar-refractivity contribution < 1.29 is 9.72 Å². The number of hydrogen-bond donors (Lipinski definition) is 1. The van der Waals surface area contributed by atoms with E-state index in [1.54, 1.807) is 17.0 Å². The minimum atomic E-state index is -0.452. The fourth-order valence-corrected chi connectivity index (χ4v) is 2.37. The molecule has 1 aliphatic rings. The van der Waals surface area contributed by atoms with E-state index >= 15 is 0 Å². The number of carbonyl (C=O) groups is 1. The van der Waals surface area contributed by atoms with Gasteiger partial charge < -0.3 is 10.2 Å². The first-order valence-electron chi connectivity index (χ1n) is 7.39. The maximum atomic E-state index is 12.7. The van der Waals surface area contributed by atoms with E-state index in [0.717, 1.165) is 6.54 Å². The molecule has 0 bridgehead atoms. The number of nitrogens with zero attached hydrogens (tertiary/aromatic N) is 2. The molecule has 1 fully saturated rings. The van der Waals surface area contributed by atoms with Gasteiger partial charge in [-0.1, -0.05) is 6.07 Å². The third-order valence-corrected chi connectivity index (χ3v) is 3.67. The molecule has 1 aliphatic carbocycles. The molecule has 114 valence electrons. The summed E-state index contributed by atoms with van der Waals surface area (Å²) >= 11 is 0. The van der Waals surface area contributed by atoms with Crippen LogP contribution in [0.15, 0.2) is 18.2 Å². The van der Waals surface area contributed by atoms with Crippen LogP contribution in [0.3, 0.4) is 0 Å². The maximum Gasteiger partial charge on any atom is 0.293 e. The molecule has 0 aliphatic heterocycles. The summed E-state index contributed by atoms with van der Waals surface area (Å²) in [5.74, 6) is 0.458. The molecule has 1 saturated carbocycles. The first-order valence-corrected chi connectivity index (χ1v) is 7.39. The van der Waals surface area contributed by atoms with Gasteiger partial charge in [0.15, 0.2) is 0 Å². The number of nitro benzene ring substituents is 1. The molecule has 2 rings (SSSR count). The third kappa shape index (κ3) is 3.51. The highest BCUT2D eigenvalue weighted by molar-refractivity contribution is 6.01. The van der Waals surface area contributed by atoms with Crippen molar-refractivity contribution in [1.29, 1.82) is 0 Å². The van der Waals surface area contributed by atoms with Crippen molar-refractivity contribution in [3.63, 3.8) is 0 Å². The second kappa shape index (κ2) is 6.56. The summed E-state index contributed by atoms with van der Waals surface area (Å²) in [6.07, 6.45) is 2.33. The highest BCUT2D eigenvalue weighted by Crippen LogP contribution is 2.32. The Balaban J connectivity index is 2.33. The largest absolute Gasteiger partial charge is 0.379 e. The van der Waals surface area contributed by atoms with E-state index in [-0.39, 0.29) is 11.6 Å². The summed E-state index contributed by atoms with van der Waals surface area (Å²) < 4.78 is 0. The van der Waals surface area contributed by atoms with Crippen LogP contribution >= 0.6 is 0 Å². The summed E-state index contributed by atoms with van der Waals surface area (Å²) in [4.78, 5) is 25.1. The number of anilines is 1. The molecule has 0 aromatic heterocycles. The van der Waals surface area contributed by atoms with Gasteiger partial charge in [-0.15, -0.1) is 0 Å². The summed E-state index contributed by atoms with van der Waals surface area (Å²) in [6.45, 7) is 5.67. The SMILES string of the molecule is CCNc1c(C(=O)N(CC)CC2CC2)cccc1[N+](=O)[O-]. The van der Waals surface area contributed by atoms with Gasteiger partial charge in [0.25, 0.3) is 11.6 Å². The smallest absolute Gasteiger partial charge is 0.293 e. The second-order valence-electron chi connectivity index (χ2n) is 5.27. The van der Waals surface area contributed by atoms with E-state index in [4.69, 9.17) is 0 Å². The third-order valence-electron chi connectivity index (χ3n) is 3.67. The standard InChI is InChI=1S/C15H21N3O3/c1-3-16-14-12(6-5-7-13(14)18(20)21)15(19)17(4-2)10-11-8-9-11/h5-7,11,16H,3-4,8-10H2,1-2H3. The number of nitro groups is 1. The lowest BCUT2D eigenvalue weighted by Crippen LogP contribution is -2.33. The van der Waals surface area contributed by atoms with E-state index in [1.165, 1.54) is 18.9 Å². The lowest BCUT2D eigenvalue weighted by Gasteiger charge is -2.22. The zero-order chi connectivity index (χ0) is 15.4. The Labute approximate surface area is 124 Å². The fraction of sp³-hybridized carbons (Fsp3) is 0.533. The van der Waals surface area contributed by atoms with E-state index in [9.17, 15) is 14.9 Å². The Morgan fingerprint density at radius 2 is 2.14 bits per heavy atom. The molecule has 0 saturated heterocycles. The first kappa shape index (κ1) is 15.3. The van der Waals surface area contributed by atoms with Crippen LogP contribution in [-0.4, -0.2) is 35.4 Å². The Bertz CT molecular complexity index is 541. The van der Waals surface area contributed by atoms with Gasteiger partial charge in [0.1, 0.15) is 5.69 Å². The van der Waals surface area contributed by atoms with Crippen molar-refractivity contribution in [3.05, 3.63) is 33.9 Å². The lowest BCUT2D eigenvalue weighted by atomic mass is 10.1. The van der Waals surface area contributed by atoms with E-state index in [1.807, 2.05) is 13.8 Å². The monoisotopic (exact) mass is 291 g/mol. The van der Waals surface area contributed by atoms with Crippen molar-refractivity contribution in [2.24, 2.45) is 5.92 Å². The van der Waals surface area contributed by atoms with Gasteiger partial charge in [0.2, 0.25) is 0 Å². The number of para-hydroxylation sites is 1. The van der Waals surface area contributed by atoms with Crippen LogP contribution < -0.4 is 5.32 Å². The average Bonchev–Trinajstić information content (AvgIpc) is 3.28. The van der Waals surface area contributed by atoms with Gasteiger partial charge in [0, 0.05) is 25.7 Å². The van der Waals surface area contributed by atoms with Gasteiger partial charge in [-0.2, -0.15) is 0 Å². The Kier molecular flexibility index (Phi) is 4.77. The summed E-state index contributed by atoms with van der Waals surface area (Å²) in [6, 6.07) is 4.64. The molecule has 0 spiro atoms. The molecule has 6 heteroatoms. The van der Waals surface area contributed by atoms with Gasteiger partial charge in [0.05, 0.1) is 10.5 Å². The number of benzene rings is 1. The number of rotatable bonds is 7. The minimum absolute atomic E-state index is 0.0508. The van der Waals surface area contributed by atoms with E-state index in [2.05, 4.69) is 5.32 Å². The molecule has 0 heterocycles. The minimum Gasteiger partial charge on any atom is -0.379 e. The van der Waals surface area contributed by atoms with E-state index in [0.29, 0.717) is 30.3 Å². The van der Waals surface area contributed by atoms with Crippen LogP contribution in [0.4, 0.5) is 11.4 Å². The summed E-state index contributed by atoms with van der Waals surface area (Å²) in [7, 11) is 0. The number of amides is 1. The quantitative estimate of drug-likeness (QED) is 0.619. The predicted molar refractivity (Wildman–Crippen MR) is 81.6 cm³/mol. The Morgan fingerprint density at radius 1 is 1.43 bits per heavy atom. The molecule has 1 aromatic carbocycles. The van der Waals surface area contributed by atoms with Crippen LogP contribution in [-0.2, 0) is 0 Å². The number of nitrogens with one attached hydrogen (secondary N) is 1. The van der Waals surface area contributed by atoms with Crippen LogP contribution in [0.1, 0.15) is 37.0 Å². The van der Waals surface area contributed by atoms with Gasteiger partial charge in [-0.3, -0.25) is 14.9 Å². The Hall–Kier alpha value is -2.11. The zero-order valence-electron chi connectivity index (χ0n) is 12.5. The highest BCUT2D eigenvalue weighted by Gasteiger charge is 2.29. The number of carbonyl (C=O) groups excluding carboxylic acids is 1. The summed E-state index contributed by atoms with van der Waals surface area (Å²) in [5, 5.41) is 14.1. The summed E-state index contributed by atoms with van der Waals surface area (Å²) in [5.41, 5.74) is 0.656. The van der Waals surface area contributed by atoms with Gasteiger partial charge in [-0.05, 0) is 38.7 Å². The molecule has 21 heavy (non-hydrogen) atoms. The number of hydrogen-bond acceptors (Lipinski definition) is 4. The first-order chi connectivity index (χ1) is 10.1. The molecule has 1 aromatic rings. The van der Waals surface area contributed by atoms with Crippen LogP contribution in [0.25, 0.3) is 0 Å². The van der Waals surface area contributed by atoms with Crippen LogP contribution in [0.5, 0.6) is 0 Å². The molecular weight excluding hydrogens is 270 g/mol. The van der Waals surface area contributed by atoms with E-state index < -0.39 is 4.92 Å². The zero-order valence-corrected chi connectivity index (χ0v) is 12.5. The van der Waals surface area contributed by atoms with Gasteiger partial charge >= 0.3 is 0 Å². The van der Waals surface area contributed by atoms with Gasteiger partial charge in [-0.25, -0.2) is 0 Å². The predicted octanol–water partition coefficient (Wildman–Crippen LogP) is 2.90. The fourth-order valence-electron chi connectivity index (χ4n) is 2.37. The molecule has 1 amide bonds. The molecule has 6 nitrogen and oxygen atoms in total. The molecule has 0 radical (unpaired) electrons. The van der Waals surface area contributed by atoms with Crippen molar-refractivity contribution in [2.75, 3.05) is 25.0 Å². The highest BCUT2D eigenvalue weighted by atomic mass is 16.6. The molecular formula is C15H21N3O3. The average molecular weight is 291 g/mol. The topological polar surface area (TPSA) is 75.5 Å². The second-order valence-corrected chi connectivity index (χ2v) is 5.27. The molecule has 0 unspecified atom stereocenters. The van der Waals surface area contributed by atoms with Crippen molar-refractivity contribution >= 4 is 17.3 Å².